The Morgan fingerprint density at radius 1 is 1.00 bits per heavy atom. The first-order chi connectivity index (χ1) is 11.7. The van der Waals surface area contributed by atoms with E-state index in [0.717, 1.165) is 11.3 Å². The molecule has 0 radical (unpaired) electrons. The van der Waals surface area contributed by atoms with E-state index < -0.39 is 5.82 Å². The van der Waals surface area contributed by atoms with Crippen LogP contribution in [-0.4, -0.2) is 10.9 Å². The lowest BCUT2D eigenvalue weighted by Crippen LogP contribution is -2.12. The van der Waals surface area contributed by atoms with Crippen LogP contribution in [0.1, 0.15) is 15.9 Å². The van der Waals surface area contributed by atoms with Crippen LogP contribution in [0.15, 0.2) is 73.1 Å². The lowest BCUT2D eigenvalue weighted by molar-refractivity contribution is 0.102. The van der Waals surface area contributed by atoms with Gasteiger partial charge >= 0.3 is 0 Å². The van der Waals surface area contributed by atoms with E-state index in [1.807, 2.05) is 24.3 Å². The highest BCUT2D eigenvalue weighted by Gasteiger charge is 2.06. The lowest BCUT2D eigenvalue weighted by Gasteiger charge is -2.09. The summed E-state index contributed by atoms with van der Waals surface area (Å²) in [7, 11) is 0. The summed E-state index contributed by atoms with van der Waals surface area (Å²) in [4.78, 5) is 16.1. The van der Waals surface area contributed by atoms with Crippen molar-refractivity contribution < 1.29 is 9.18 Å². The van der Waals surface area contributed by atoms with Gasteiger partial charge in [0, 0.05) is 35.9 Å². The monoisotopic (exact) mass is 321 g/mol. The molecule has 0 unspecified atom stereocenters. The topological polar surface area (TPSA) is 54.0 Å². The van der Waals surface area contributed by atoms with Crippen LogP contribution in [0.3, 0.4) is 0 Å². The van der Waals surface area contributed by atoms with Gasteiger partial charge in [-0.2, -0.15) is 0 Å². The quantitative estimate of drug-likeness (QED) is 0.744. The first-order valence-electron chi connectivity index (χ1n) is 7.50. The molecule has 1 amide bonds. The van der Waals surface area contributed by atoms with E-state index >= 15 is 0 Å². The number of aromatic nitrogens is 1. The Kier molecular flexibility index (Phi) is 4.81. The molecule has 120 valence electrons. The highest BCUT2D eigenvalue weighted by atomic mass is 19.1. The molecule has 0 spiro atoms. The lowest BCUT2D eigenvalue weighted by atomic mass is 10.2. The zero-order valence-corrected chi connectivity index (χ0v) is 12.9. The number of halogens is 1. The second kappa shape index (κ2) is 7.37. The van der Waals surface area contributed by atoms with E-state index in [1.54, 1.807) is 30.6 Å². The van der Waals surface area contributed by atoms with Crippen LogP contribution >= 0.6 is 0 Å². The van der Waals surface area contributed by atoms with E-state index in [2.05, 4.69) is 15.6 Å². The molecule has 0 saturated carbocycles. The van der Waals surface area contributed by atoms with Gasteiger partial charge in [-0.05, 0) is 54.1 Å². The van der Waals surface area contributed by atoms with E-state index in [0.29, 0.717) is 12.2 Å². The fourth-order valence-corrected chi connectivity index (χ4v) is 2.21. The van der Waals surface area contributed by atoms with Crippen molar-refractivity contribution in [3.63, 3.8) is 0 Å². The molecule has 0 atom stereocenters. The van der Waals surface area contributed by atoms with Crippen molar-refractivity contribution in [2.75, 3.05) is 10.6 Å². The Bertz CT molecular complexity index is 820. The summed E-state index contributed by atoms with van der Waals surface area (Å²) in [6, 6.07) is 16.8. The number of pyridine rings is 1. The Balaban J connectivity index is 1.59. The van der Waals surface area contributed by atoms with Crippen LogP contribution in [0, 0.1) is 5.82 Å². The van der Waals surface area contributed by atoms with Crippen LogP contribution < -0.4 is 10.6 Å². The molecule has 5 heteroatoms. The second-order valence-electron chi connectivity index (χ2n) is 5.26. The number of carbonyl (C=O) groups is 1. The van der Waals surface area contributed by atoms with Crippen molar-refractivity contribution in [1.29, 1.82) is 0 Å². The molecule has 2 aromatic carbocycles. The minimum atomic E-state index is -0.433. The number of nitrogens with zero attached hydrogens (tertiary/aromatic N) is 1. The van der Waals surface area contributed by atoms with Crippen molar-refractivity contribution in [3.8, 4) is 0 Å². The third kappa shape index (κ3) is 4.16. The van der Waals surface area contributed by atoms with Crippen LogP contribution in [0.25, 0.3) is 0 Å². The maximum atomic E-state index is 13.2. The molecule has 0 aliphatic rings. The van der Waals surface area contributed by atoms with Crippen LogP contribution in [0.5, 0.6) is 0 Å². The molecule has 3 aromatic rings. The Hall–Kier alpha value is -3.21. The fourth-order valence-electron chi connectivity index (χ4n) is 2.21. The summed E-state index contributed by atoms with van der Waals surface area (Å²) in [6.45, 7) is 0.669. The number of anilines is 2. The maximum Gasteiger partial charge on any atom is 0.255 e. The number of hydrogen-bond donors (Lipinski definition) is 2. The molecule has 0 saturated heterocycles. The van der Waals surface area contributed by atoms with Gasteiger partial charge in [0.15, 0.2) is 0 Å². The van der Waals surface area contributed by atoms with Gasteiger partial charge in [-0.3, -0.25) is 9.78 Å². The predicted octanol–water partition coefficient (Wildman–Crippen LogP) is 4.09. The first-order valence-corrected chi connectivity index (χ1v) is 7.50. The Labute approximate surface area is 139 Å². The Morgan fingerprint density at radius 3 is 2.50 bits per heavy atom. The highest BCUT2D eigenvalue weighted by molar-refractivity contribution is 6.04. The second-order valence-corrected chi connectivity index (χ2v) is 5.26. The number of benzene rings is 2. The summed E-state index contributed by atoms with van der Waals surface area (Å²) < 4.78 is 13.2. The van der Waals surface area contributed by atoms with E-state index in [1.165, 1.54) is 18.2 Å². The number of nitrogens with one attached hydrogen (secondary N) is 2. The van der Waals surface area contributed by atoms with E-state index in [4.69, 9.17) is 0 Å². The van der Waals surface area contributed by atoms with Gasteiger partial charge in [0.2, 0.25) is 0 Å². The van der Waals surface area contributed by atoms with Gasteiger partial charge in [-0.1, -0.05) is 12.1 Å². The number of carbonyl (C=O) groups excluding carboxylic acids is 1. The van der Waals surface area contributed by atoms with Crippen molar-refractivity contribution in [3.05, 3.63) is 90.0 Å². The standard InChI is InChI=1S/C19H16FN3O/c20-16-5-1-4-15(11-16)19(24)23-18-8-6-17(7-9-18)22-13-14-3-2-10-21-12-14/h1-12,22H,13H2,(H,23,24). The summed E-state index contributed by atoms with van der Waals surface area (Å²) in [5.41, 5.74) is 2.95. The smallest absolute Gasteiger partial charge is 0.255 e. The predicted molar refractivity (Wildman–Crippen MR) is 92.4 cm³/mol. The molecule has 2 N–H and O–H groups in total. The summed E-state index contributed by atoms with van der Waals surface area (Å²) in [5.74, 6) is -0.775. The Morgan fingerprint density at radius 2 is 1.79 bits per heavy atom. The SMILES string of the molecule is O=C(Nc1ccc(NCc2cccnc2)cc1)c1cccc(F)c1. The van der Waals surface area contributed by atoms with E-state index in [-0.39, 0.29) is 11.5 Å². The van der Waals surface area contributed by atoms with Crippen molar-refractivity contribution in [1.82, 2.24) is 4.98 Å². The normalized spacial score (nSPS) is 10.2. The summed E-state index contributed by atoms with van der Waals surface area (Å²) in [5, 5.41) is 6.02. The average Bonchev–Trinajstić information content (AvgIpc) is 2.62. The van der Waals surface area contributed by atoms with Gasteiger partial charge in [0.1, 0.15) is 5.82 Å². The largest absolute Gasteiger partial charge is 0.381 e. The number of amides is 1. The fraction of sp³-hybridized carbons (Fsp3) is 0.0526. The minimum absolute atomic E-state index is 0.286. The van der Waals surface area contributed by atoms with Gasteiger partial charge in [0.25, 0.3) is 5.91 Å². The molecular weight excluding hydrogens is 305 g/mol. The van der Waals surface area contributed by atoms with Crippen molar-refractivity contribution in [2.45, 2.75) is 6.54 Å². The number of hydrogen-bond acceptors (Lipinski definition) is 3. The van der Waals surface area contributed by atoms with Gasteiger partial charge in [-0.25, -0.2) is 4.39 Å². The van der Waals surface area contributed by atoms with Crippen molar-refractivity contribution >= 4 is 17.3 Å². The van der Waals surface area contributed by atoms with Crippen LogP contribution in [-0.2, 0) is 6.54 Å². The molecule has 3 rings (SSSR count). The average molecular weight is 321 g/mol. The molecule has 1 heterocycles. The number of rotatable bonds is 5. The van der Waals surface area contributed by atoms with Gasteiger partial charge in [0.05, 0.1) is 0 Å². The first kappa shape index (κ1) is 15.7. The van der Waals surface area contributed by atoms with Gasteiger partial charge in [-0.15, -0.1) is 0 Å². The van der Waals surface area contributed by atoms with Gasteiger partial charge < -0.3 is 10.6 Å². The molecule has 24 heavy (non-hydrogen) atoms. The molecule has 0 bridgehead atoms. The molecule has 1 aromatic heterocycles. The van der Waals surface area contributed by atoms with Crippen molar-refractivity contribution in [2.24, 2.45) is 0 Å². The zero-order chi connectivity index (χ0) is 16.8. The third-order valence-corrected chi connectivity index (χ3v) is 3.45. The van der Waals surface area contributed by atoms with Crippen LogP contribution in [0.4, 0.5) is 15.8 Å². The van der Waals surface area contributed by atoms with Crippen LogP contribution in [0.2, 0.25) is 0 Å². The zero-order valence-electron chi connectivity index (χ0n) is 12.9. The third-order valence-electron chi connectivity index (χ3n) is 3.45. The summed E-state index contributed by atoms with van der Waals surface area (Å²) >= 11 is 0. The molecule has 0 aliphatic heterocycles. The maximum absolute atomic E-state index is 13.2. The molecule has 0 aliphatic carbocycles. The van der Waals surface area contributed by atoms with E-state index in [9.17, 15) is 9.18 Å². The minimum Gasteiger partial charge on any atom is -0.381 e. The highest BCUT2D eigenvalue weighted by Crippen LogP contribution is 2.16. The summed E-state index contributed by atoms with van der Waals surface area (Å²) in [6.07, 6.45) is 3.54. The molecule has 0 fully saturated rings. The molecule has 4 nitrogen and oxygen atoms in total. The molecular formula is C19H16FN3O.